The molecule has 6 nitrogen and oxygen atoms in total. The summed E-state index contributed by atoms with van der Waals surface area (Å²) in [6.45, 7) is 3.83. The fraction of sp³-hybridized carbons (Fsp3) is 0.382. The molecule has 0 saturated carbocycles. The molecule has 3 rings (SSSR count). The van der Waals surface area contributed by atoms with Crippen LogP contribution < -0.4 is 0 Å². The van der Waals surface area contributed by atoms with E-state index in [1.807, 2.05) is 101 Å². The number of carbonyl (C=O) groups excluding carboxylic acids is 2. The van der Waals surface area contributed by atoms with Gasteiger partial charge in [0.1, 0.15) is 0 Å². The molecule has 0 aliphatic heterocycles. The smallest absolute Gasteiger partial charge is 0.303 e. The van der Waals surface area contributed by atoms with Gasteiger partial charge in [-0.15, -0.1) is 0 Å². The molecule has 3 aromatic carbocycles. The summed E-state index contributed by atoms with van der Waals surface area (Å²) >= 11 is 0. The third-order valence-electron chi connectivity index (χ3n) is 7.06. The van der Waals surface area contributed by atoms with Gasteiger partial charge in [-0.05, 0) is 48.9 Å². The van der Waals surface area contributed by atoms with Gasteiger partial charge in [-0.3, -0.25) is 14.4 Å². The molecule has 40 heavy (non-hydrogen) atoms. The first kappa shape index (κ1) is 30.6. The van der Waals surface area contributed by atoms with E-state index in [0.29, 0.717) is 44.5 Å². The largest absolute Gasteiger partial charge is 0.481 e. The molecule has 0 spiro atoms. The van der Waals surface area contributed by atoms with Crippen LogP contribution in [0.1, 0.15) is 85.8 Å². The lowest BCUT2D eigenvalue weighted by Crippen LogP contribution is -2.37. The molecule has 2 amide bonds. The highest BCUT2D eigenvalue weighted by molar-refractivity contribution is 5.94. The number of hydrogen-bond donors (Lipinski definition) is 1. The quantitative estimate of drug-likeness (QED) is 0.187. The Kier molecular flexibility index (Phi) is 12.9. The summed E-state index contributed by atoms with van der Waals surface area (Å²) in [5.41, 5.74) is 2.74. The molecule has 6 heteroatoms. The molecule has 0 fully saturated rings. The average Bonchev–Trinajstić information content (AvgIpc) is 2.99. The Hall–Kier alpha value is -3.93. The van der Waals surface area contributed by atoms with Gasteiger partial charge in [0.15, 0.2) is 0 Å². The van der Waals surface area contributed by atoms with Gasteiger partial charge in [0.25, 0.3) is 5.91 Å². The van der Waals surface area contributed by atoms with Gasteiger partial charge in [-0.1, -0.05) is 98.6 Å². The second-order valence-corrected chi connectivity index (χ2v) is 10.1. The zero-order valence-electron chi connectivity index (χ0n) is 23.6. The number of amides is 2. The predicted octanol–water partition coefficient (Wildman–Crippen LogP) is 6.97. The number of carboxylic acid groups (broad SMARTS) is 1. The summed E-state index contributed by atoms with van der Waals surface area (Å²) in [5, 5.41) is 9.01. The van der Waals surface area contributed by atoms with E-state index in [0.717, 1.165) is 36.8 Å². The lowest BCUT2D eigenvalue weighted by Gasteiger charge is -2.33. The molecular formula is C34H42N2O4. The Morgan fingerprint density at radius 3 is 1.75 bits per heavy atom. The highest BCUT2D eigenvalue weighted by atomic mass is 16.4. The van der Waals surface area contributed by atoms with Crippen molar-refractivity contribution in [2.75, 3.05) is 19.6 Å². The van der Waals surface area contributed by atoms with Gasteiger partial charge in [-0.2, -0.15) is 0 Å². The monoisotopic (exact) mass is 542 g/mol. The van der Waals surface area contributed by atoms with Crippen LogP contribution in [0.25, 0.3) is 0 Å². The Balaban J connectivity index is 1.76. The van der Waals surface area contributed by atoms with Gasteiger partial charge >= 0.3 is 5.97 Å². The van der Waals surface area contributed by atoms with Crippen molar-refractivity contribution in [3.8, 4) is 0 Å². The van der Waals surface area contributed by atoms with Crippen LogP contribution >= 0.6 is 0 Å². The van der Waals surface area contributed by atoms with E-state index in [2.05, 4.69) is 6.92 Å². The number of unbranched alkanes of at least 4 members (excludes halogenated alkanes) is 3. The summed E-state index contributed by atoms with van der Waals surface area (Å²) in [7, 11) is 0. The van der Waals surface area contributed by atoms with Crippen molar-refractivity contribution in [3.63, 3.8) is 0 Å². The second-order valence-electron chi connectivity index (χ2n) is 10.1. The fourth-order valence-corrected chi connectivity index (χ4v) is 4.95. The molecule has 3 aromatic rings. The van der Waals surface area contributed by atoms with Crippen LogP contribution in [0, 0.1) is 0 Å². The third-order valence-corrected chi connectivity index (χ3v) is 7.06. The zero-order chi connectivity index (χ0) is 28.6. The molecule has 0 atom stereocenters. The van der Waals surface area contributed by atoms with Gasteiger partial charge < -0.3 is 14.9 Å². The standard InChI is InChI=1S/C34H42N2O4/c1-2-3-25-35(34(40)30-21-12-6-13-22-30)26-16-23-31(37)36(27-15-7-14-24-32(38)39)33(28-17-8-4-9-18-28)29-19-10-5-11-20-29/h4-6,8-13,17-22,33H,2-3,7,14-16,23-27H2,1H3,(H,38,39). The lowest BCUT2D eigenvalue weighted by molar-refractivity contribution is -0.137. The van der Waals surface area contributed by atoms with E-state index in [4.69, 9.17) is 5.11 Å². The number of nitrogens with zero attached hydrogens (tertiary/aromatic N) is 2. The minimum Gasteiger partial charge on any atom is -0.481 e. The van der Waals surface area contributed by atoms with Gasteiger partial charge in [0.2, 0.25) is 5.91 Å². The summed E-state index contributed by atoms with van der Waals surface area (Å²) in [6.07, 6.45) is 5.00. The highest BCUT2D eigenvalue weighted by Crippen LogP contribution is 2.30. The van der Waals surface area contributed by atoms with Gasteiger partial charge in [-0.25, -0.2) is 0 Å². The maximum Gasteiger partial charge on any atom is 0.303 e. The van der Waals surface area contributed by atoms with Crippen LogP contribution in [0.5, 0.6) is 0 Å². The molecule has 0 radical (unpaired) electrons. The number of hydrogen-bond acceptors (Lipinski definition) is 3. The molecule has 0 aromatic heterocycles. The van der Waals surface area contributed by atoms with Crippen molar-refractivity contribution >= 4 is 17.8 Å². The van der Waals surface area contributed by atoms with Crippen molar-refractivity contribution in [2.24, 2.45) is 0 Å². The van der Waals surface area contributed by atoms with Crippen LogP contribution in [0.15, 0.2) is 91.0 Å². The van der Waals surface area contributed by atoms with Crippen LogP contribution in [0.3, 0.4) is 0 Å². The van der Waals surface area contributed by atoms with Crippen molar-refractivity contribution in [2.45, 2.75) is 64.3 Å². The van der Waals surface area contributed by atoms with Crippen molar-refractivity contribution in [1.29, 1.82) is 0 Å². The normalized spacial score (nSPS) is 10.8. The molecule has 212 valence electrons. The Morgan fingerprint density at radius 1 is 0.650 bits per heavy atom. The van der Waals surface area contributed by atoms with Gasteiger partial charge in [0.05, 0.1) is 6.04 Å². The van der Waals surface area contributed by atoms with E-state index in [1.165, 1.54) is 0 Å². The van der Waals surface area contributed by atoms with Crippen LogP contribution in [0.2, 0.25) is 0 Å². The molecule has 0 aliphatic rings. The number of rotatable bonds is 17. The lowest BCUT2D eigenvalue weighted by atomic mass is 9.96. The number of aliphatic carboxylic acids is 1. The molecule has 1 N–H and O–H groups in total. The van der Waals surface area contributed by atoms with Crippen molar-refractivity contribution < 1.29 is 19.5 Å². The summed E-state index contributed by atoms with van der Waals surface area (Å²) in [6, 6.07) is 29.2. The van der Waals surface area contributed by atoms with Crippen LogP contribution in [-0.4, -0.2) is 52.3 Å². The van der Waals surface area contributed by atoms with E-state index in [-0.39, 0.29) is 24.3 Å². The summed E-state index contributed by atoms with van der Waals surface area (Å²) in [5.74, 6) is -0.751. The highest BCUT2D eigenvalue weighted by Gasteiger charge is 2.26. The molecule has 0 unspecified atom stereocenters. The molecule has 0 bridgehead atoms. The minimum atomic E-state index is -0.794. The first-order valence-electron chi connectivity index (χ1n) is 14.5. The third kappa shape index (κ3) is 9.67. The van der Waals surface area contributed by atoms with E-state index >= 15 is 0 Å². The van der Waals surface area contributed by atoms with Crippen LogP contribution in [-0.2, 0) is 9.59 Å². The summed E-state index contributed by atoms with van der Waals surface area (Å²) in [4.78, 5) is 41.8. The van der Waals surface area contributed by atoms with E-state index in [1.54, 1.807) is 0 Å². The first-order valence-corrected chi connectivity index (χ1v) is 14.5. The topological polar surface area (TPSA) is 77.9 Å². The Bertz CT molecular complexity index is 1130. The SMILES string of the molecule is CCCCN(CCCC(=O)N(CCCCCC(=O)O)C(c1ccccc1)c1ccccc1)C(=O)c1ccccc1. The number of carboxylic acids is 1. The maximum atomic E-state index is 13.9. The molecule has 0 saturated heterocycles. The summed E-state index contributed by atoms with van der Waals surface area (Å²) < 4.78 is 0. The average molecular weight is 543 g/mol. The molecule has 0 heterocycles. The Labute approximate surface area is 238 Å². The molecular weight excluding hydrogens is 500 g/mol. The maximum absolute atomic E-state index is 13.9. The number of benzene rings is 3. The predicted molar refractivity (Wildman–Crippen MR) is 159 cm³/mol. The fourth-order valence-electron chi connectivity index (χ4n) is 4.95. The van der Waals surface area contributed by atoms with Crippen LogP contribution in [0.4, 0.5) is 0 Å². The van der Waals surface area contributed by atoms with Gasteiger partial charge in [0, 0.05) is 38.0 Å². The second kappa shape index (κ2) is 16.9. The Morgan fingerprint density at radius 2 is 1.20 bits per heavy atom. The van der Waals surface area contributed by atoms with Crippen molar-refractivity contribution in [3.05, 3.63) is 108 Å². The minimum absolute atomic E-state index is 0.00299. The first-order chi connectivity index (χ1) is 19.5. The number of carbonyl (C=O) groups is 3. The van der Waals surface area contributed by atoms with E-state index in [9.17, 15) is 14.4 Å². The van der Waals surface area contributed by atoms with E-state index < -0.39 is 5.97 Å². The zero-order valence-corrected chi connectivity index (χ0v) is 23.6. The molecule has 0 aliphatic carbocycles. The van der Waals surface area contributed by atoms with Crippen molar-refractivity contribution in [1.82, 2.24) is 9.80 Å².